The lowest BCUT2D eigenvalue weighted by molar-refractivity contribution is 0.466. The number of hydrogen-bond donors (Lipinski definition) is 2. The highest BCUT2D eigenvalue weighted by atomic mass is 35.5. The number of rotatable bonds is 2. The number of aromatic nitrogens is 4. The van der Waals surface area contributed by atoms with Crippen molar-refractivity contribution in [3.63, 3.8) is 0 Å². The number of hydrogen-bond acceptors (Lipinski definition) is 4. The third kappa shape index (κ3) is 2.46. The molecule has 0 radical (unpaired) electrons. The molecule has 2 aliphatic heterocycles. The molecule has 2 atom stereocenters. The molecule has 2 aliphatic rings. The second-order valence-corrected chi connectivity index (χ2v) is 6.72. The zero-order valence-corrected chi connectivity index (χ0v) is 14.4. The van der Waals surface area contributed by atoms with Gasteiger partial charge in [0.15, 0.2) is 0 Å². The molecular formula is C17H21ClN6. The Kier molecular flexibility index (Phi) is 3.73. The molecule has 0 saturated carbocycles. The fourth-order valence-corrected chi connectivity index (χ4v) is 4.00. The summed E-state index contributed by atoms with van der Waals surface area (Å²) in [5.74, 6) is 0. The fraction of sp³-hybridized carbons (Fsp3) is 0.412. The molecule has 0 aliphatic carbocycles. The SMILES string of the molecule is Cl.Cn1cc(-c2cc3c(N4CC5CCC(C4)N5)ccnc3[nH]2)cn1. The van der Waals surface area contributed by atoms with Crippen LogP contribution < -0.4 is 10.2 Å². The van der Waals surface area contributed by atoms with Crippen LogP contribution in [-0.4, -0.2) is 44.9 Å². The van der Waals surface area contributed by atoms with Crippen molar-refractivity contribution in [2.45, 2.75) is 24.9 Å². The maximum absolute atomic E-state index is 4.52. The summed E-state index contributed by atoms with van der Waals surface area (Å²) in [6, 6.07) is 5.62. The quantitative estimate of drug-likeness (QED) is 0.749. The predicted molar refractivity (Wildman–Crippen MR) is 97.7 cm³/mol. The Balaban J connectivity index is 0.00000146. The van der Waals surface area contributed by atoms with E-state index >= 15 is 0 Å². The zero-order valence-electron chi connectivity index (χ0n) is 13.6. The monoisotopic (exact) mass is 344 g/mol. The number of piperazine rings is 1. The average Bonchev–Trinajstić information content (AvgIpc) is 3.25. The Morgan fingerprint density at radius 3 is 2.71 bits per heavy atom. The molecule has 3 aromatic rings. The van der Waals surface area contributed by atoms with Crippen LogP contribution in [0.15, 0.2) is 30.7 Å². The van der Waals surface area contributed by atoms with Crippen molar-refractivity contribution < 1.29 is 0 Å². The van der Waals surface area contributed by atoms with Gasteiger partial charge < -0.3 is 15.2 Å². The van der Waals surface area contributed by atoms with E-state index in [9.17, 15) is 0 Å². The normalized spacial score (nSPS) is 22.8. The van der Waals surface area contributed by atoms with Crippen molar-refractivity contribution >= 4 is 29.1 Å². The van der Waals surface area contributed by atoms with Gasteiger partial charge in [-0.3, -0.25) is 4.68 Å². The minimum absolute atomic E-state index is 0. The maximum atomic E-state index is 4.52. The Bertz CT molecular complexity index is 857. The van der Waals surface area contributed by atoms with Crippen LogP contribution in [-0.2, 0) is 7.05 Å². The van der Waals surface area contributed by atoms with Crippen LogP contribution in [0.3, 0.4) is 0 Å². The summed E-state index contributed by atoms with van der Waals surface area (Å²) >= 11 is 0. The highest BCUT2D eigenvalue weighted by molar-refractivity contribution is 5.93. The lowest BCUT2D eigenvalue weighted by Crippen LogP contribution is -2.51. The van der Waals surface area contributed by atoms with Gasteiger partial charge in [0.1, 0.15) is 5.65 Å². The Hall–Kier alpha value is -2.05. The van der Waals surface area contributed by atoms with Crippen molar-refractivity contribution in [2.24, 2.45) is 7.05 Å². The molecule has 7 heteroatoms. The van der Waals surface area contributed by atoms with Gasteiger partial charge in [-0.05, 0) is 25.0 Å². The molecule has 126 valence electrons. The maximum Gasteiger partial charge on any atom is 0.139 e. The third-order valence-corrected chi connectivity index (χ3v) is 5.08. The van der Waals surface area contributed by atoms with E-state index in [1.165, 1.54) is 23.9 Å². The molecule has 0 aromatic carbocycles. The summed E-state index contributed by atoms with van der Waals surface area (Å²) in [6.45, 7) is 2.17. The first-order valence-corrected chi connectivity index (χ1v) is 8.24. The lowest BCUT2D eigenvalue weighted by Gasteiger charge is -2.34. The number of halogens is 1. The molecule has 2 bridgehead atoms. The highest BCUT2D eigenvalue weighted by Crippen LogP contribution is 2.32. The van der Waals surface area contributed by atoms with Gasteiger partial charge in [-0.1, -0.05) is 0 Å². The lowest BCUT2D eigenvalue weighted by atomic mass is 10.1. The van der Waals surface area contributed by atoms with Gasteiger partial charge in [-0.2, -0.15) is 5.10 Å². The molecule has 2 saturated heterocycles. The number of nitrogens with one attached hydrogen (secondary N) is 2. The van der Waals surface area contributed by atoms with Crippen LogP contribution in [0.2, 0.25) is 0 Å². The first-order valence-electron chi connectivity index (χ1n) is 8.24. The van der Waals surface area contributed by atoms with E-state index in [1.54, 1.807) is 0 Å². The number of pyridine rings is 1. The van der Waals surface area contributed by atoms with Gasteiger partial charge in [0.05, 0.1) is 11.9 Å². The van der Waals surface area contributed by atoms with E-state index in [2.05, 4.69) is 37.4 Å². The number of anilines is 1. The molecular weight excluding hydrogens is 324 g/mol. The summed E-state index contributed by atoms with van der Waals surface area (Å²) in [5.41, 5.74) is 4.41. The second-order valence-electron chi connectivity index (χ2n) is 6.72. The molecule has 6 nitrogen and oxygen atoms in total. The molecule has 2 fully saturated rings. The first-order chi connectivity index (χ1) is 11.3. The van der Waals surface area contributed by atoms with Crippen molar-refractivity contribution in [2.75, 3.05) is 18.0 Å². The number of aryl methyl sites for hydroxylation is 1. The van der Waals surface area contributed by atoms with E-state index in [0.717, 1.165) is 30.0 Å². The highest BCUT2D eigenvalue weighted by Gasteiger charge is 2.32. The molecule has 0 amide bonds. The van der Waals surface area contributed by atoms with E-state index < -0.39 is 0 Å². The van der Waals surface area contributed by atoms with Gasteiger partial charge >= 0.3 is 0 Å². The van der Waals surface area contributed by atoms with Gasteiger partial charge in [0.2, 0.25) is 0 Å². The minimum Gasteiger partial charge on any atom is -0.368 e. The molecule has 2 N–H and O–H groups in total. The third-order valence-electron chi connectivity index (χ3n) is 5.08. The van der Waals surface area contributed by atoms with Crippen LogP contribution in [0.25, 0.3) is 22.3 Å². The summed E-state index contributed by atoms with van der Waals surface area (Å²) in [5, 5.41) is 9.16. The molecule has 3 aromatic heterocycles. The molecule has 2 unspecified atom stereocenters. The Labute approximate surface area is 146 Å². The summed E-state index contributed by atoms with van der Waals surface area (Å²) < 4.78 is 1.82. The number of H-pyrrole nitrogens is 1. The minimum atomic E-state index is 0. The van der Waals surface area contributed by atoms with Crippen LogP contribution >= 0.6 is 12.4 Å². The molecule has 5 heterocycles. The summed E-state index contributed by atoms with van der Waals surface area (Å²) in [7, 11) is 1.94. The largest absolute Gasteiger partial charge is 0.368 e. The zero-order chi connectivity index (χ0) is 15.4. The van der Waals surface area contributed by atoms with Crippen molar-refractivity contribution in [1.29, 1.82) is 0 Å². The van der Waals surface area contributed by atoms with Crippen LogP contribution in [0, 0.1) is 0 Å². The van der Waals surface area contributed by atoms with E-state index in [0.29, 0.717) is 12.1 Å². The van der Waals surface area contributed by atoms with Crippen LogP contribution in [0.4, 0.5) is 5.69 Å². The number of aromatic amines is 1. The predicted octanol–water partition coefficient (Wildman–Crippen LogP) is 2.33. The van der Waals surface area contributed by atoms with E-state index in [4.69, 9.17) is 0 Å². The molecule has 5 rings (SSSR count). The second kappa shape index (κ2) is 5.79. The summed E-state index contributed by atoms with van der Waals surface area (Å²) in [4.78, 5) is 10.5. The van der Waals surface area contributed by atoms with Crippen LogP contribution in [0.5, 0.6) is 0 Å². The number of fused-ring (bicyclic) bond motifs is 3. The van der Waals surface area contributed by atoms with Crippen molar-refractivity contribution in [1.82, 2.24) is 25.1 Å². The van der Waals surface area contributed by atoms with Gasteiger partial charge in [-0.15, -0.1) is 12.4 Å². The Morgan fingerprint density at radius 1 is 1.21 bits per heavy atom. The van der Waals surface area contributed by atoms with E-state index in [-0.39, 0.29) is 12.4 Å². The van der Waals surface area contributed by atoms with E-state index in [1.807, 2.05) is 30.3 Å². The average molecular weight is 345 g/mol. The van der Waals surface area contributed by atoms with Gasteiger partial charge in [0, 0.05) is 61.3 Å². The fourth-order valence-electron chi connectivity index (χ4n) is 4.00. The van der Waals surface area contributed by atoms with Crippen molar-refractivity contribution in [3.8, 4) is 11.3 Å². The first kappa shape index (κ1) is 15.5. The molecule has 0 spiro atoms. The van der Waals surface area contributed by atoms with Gasteiger partial charge in [0.25, 0.3) is 0 Å². The van der Waals surface area contributed by atoms with Crippen LogP contribution in [0.1, 0.15) is 12.8 Å². The topological polar surface area (TPSA) is 61.8 Å². The smallest absolute Gasteiger partial charge is 0.139 e. The standard InChI is InChI=1S/C17H20N6.ClH/c1-22-8-11(7-19-22)15-6-14-16(4-5-18-17(14)21-15)23-9-12-2-3-13(10-23)20-12;/h4-8,12-13,20H,2-3,9-10H2,1H3,(H,18,21);1H. The Morgan fingerprint density at radius 2 is 2.00 bits per heavy atom. The summed E-state index contributed by atoms with van der Waals surface area (Å²) in [6.07, 6.45) is 8.41. The molecule has 24 heavy (non-hydrogen) atoms. The number of nitrogens with zero attached hydrogens (tertiary/aromatic N) is 4. The van der Waals surface area contributed by atoms with Gasteiger partial charge in [-0.25, -0.2) is 4.98 Å². The van der Waals surface area contributed by atoms with Crippen molar-refractivity contribution in [3.05, 3.63) is 30.7 Å².